The summed E-state index contributed by atoms with van der Waals surface area (Å²) in [6.07, 6.45) is 1.74. The first-order chi connectivity index (χ1) is 10.1. The molecule has 0 aliphatic rings. The van der Waals surface area contributed by atoms with E-state index in [4.69, 9.17) is 0 Å². The Morgan fingerprint density at radius 3 is 2.76 bits per heavy atom. The van der Waals surface area contributed by atoms with Crippen LogP contribution in [-0.4, -0.2) is 16.0 Å². The highest BCUT2D eigenvalue weighted by Gasteiger charge is 2.12. The standard InChI is InChI=1S/C15H17N3O3/c1-12-13(5-4-6-14(12)18(20)21)11-16-8-10-17-9-3-2-7-15(17)19/h2-7,9,16H,8,10-11H2,1H3. The van der Waals surface area contributed by atoms with Gasteiger partial charge in [0, 0.05) is 43.5 Å². The highest BCUT2D eigenvalue weighted by molar-refractivity contribution is 5.44. The molecule has 1 aromatic carbocycles. The first kappa shape index (κ1) is 14.9. The van der Waals surface area contributed by atoms with Gasteiger partial charge in [-0.15, -0.1) is 0 Å². The molecule has 0 amide bonds. The Hall–Kier alpha value is -2.47. The van der Waals surface area contributed by atoms with Gasteiger partial charge in [-0.05, 0) is 18.6 Å². The molecule has 0 unspecified atom stereocenters. The summed E-state index contributed by atoms with van der Waals surface area (Å²) in [6.45, 7) is 3.46. The fourth-order valence-corrected chi connectivity index (χ4v) is 2.13. The van der Waals surface area contributed by atoms with Crippen LogP contribution < -0.4 is 10.9 Å². The van der Waals surface area contributed by atoms with Crippen molar-refractivity contribution in [3.8, 4) is 0 Å². The molecule has 0 radical (unpaired) electrons. The van der Waals surface area contributed by atoms with Crippen LogP contribution in [-0.2, 0) is 13.1 Å². The van der Waals surface area contributed by atoms with Gasteiger partial charge < -0.3 is 9.88 Å². The molecule has 0 fully saturated rings. The maximum absolute atomic E-state index is 11.5. The summed E-state index contributed by atoms with van der Waals surface area (Å²) < 4.78 is 1.62. The predicted octanol–water partition coefficient (Wildman–Crippen LogP) is 1.85. The smallest absolute Gasteiger partial charge is 0.272 e. The van der Waals surface area contributed by atoms with Crippen LogP contribution >= 0.6 is 0 Å². The van der Waals surface area contributed by atoms with Crippen molar-refractivity contribution in [1.82, 2.24) is 9.88 Å². The first-order valence-corrected chi connectivity index (χ1v) is 6.68. The lowest BCUT2D eigenvalue weighted by molar-refractivity contribution is -0.385. The van der Waals surface area contributed by atoms with Crippen LogP contribution in [0.5, 0.6) is 0 Å². The van der Waals surface area contributed by atoms with Gasteiger partial charge in [0.15, 0.2) is 0 Å². The summed E-state index contributed by atoms with van der Waals surface area (Å²) in [6, 6.07) is 10.1. The van der Waals surface area contributed by atoms with Crippen LogP contribution in [0.4, 0.5) is 5.69 Å². The third-order valence-corrected chi connectivity index (χ3v) is 3.36. The molecule has 0 saturated carbocycles. The van der Waals surface area contributed by atoms with Gasteiger partial charge in [-0.1, -0.05) is 18.2 Å². The largest absolute Gasteiger partial charge is 0.314 e. The van der Waals surface area contributed by atoms with Gasteiger partial charge in [0.1, 0.15) is 0 Å². The summed E-state index contributed by atoms with van der Waals surface area (Å²) >= 11 is 0. The third-order valence-electron chi connectivity index (χ3n) is 3.36. The predicted molar refractivity (Wildman–Crippen MR) is 80.2 cm³/mol. The van der Waals surface area contributed by atoms with Crippen LogP contribution in [0.15, 0.2) is 47.4 Å². The Bertz CT molecular complexity index is 695. The zero-order valence-corrected chi connectivity index (χ0v) is 11.8. The topological polar surface area (TPSA) is 77.2 Å². The molecule has 1 N–H and O–H groups in total. The number of nitrogens with one attached hydrogen (secondary N) is 1. The van der Waals surface area contributed by atoms with Crippen LogP contribution in [0.2, 0.25) is 0 Å². The lowest BCUT2D eigenvalue weighted by atomic mass is 10.1. The van der Waals surface area contributed by atoms with Crippen molar-refractivity contribution in [1.29, 1.82) is 0 Å². The van der Waals surface area contributed by atoms with E-state index >= 15 is 0 Å². The van der Waals surface area contributed by atoms with Gasteiger partial charge in [-0.2, -0.15) is 0 Å². The Morgan fingerprint density at radius 2 is 2.05 bits per heavy atom. The lowest BCUT2D eigenvalue weighted by Crippen LogP contribution is -2.26. The van der Waals surface area contributed by atoms with Gasteiger partial charge >= 0.3 is 0 Å². The molecule has 0 aliphatic heterocycles. The van der Waals surface area contributed by atoms with Crippen molar-refractivity contribution in [3.05, 3.63) is 74.2 Å². The lowest BCUT2D eigenvalue weighted by Gasteiger charge is -2.09. The minimum Gasteiger partial charge on any atom is -0.314 e. The summed E-state index contributed by atoms with van der Waals surface area (Å²) in [5, 5.41) is 14.1. The second-order valence-electron chi connectivity index (χ2n) is 4.73. The number of benzene rings is 1. The zero-order chi connectivity index (χ0) is 15.2. The van der Waals surface area contributed by atoms with Crippen LogP contribution in [0.25, 0.3) is 0 Å². The molecule has 6 heteroatoms. The second-order valence-corrected chi connectivity index (χ2v) is 4.73. The van der Waals surface area contributed by atoms with Crippen molar-refractivity contribution >= 4 is 5.69 Å². The molecule has 6 nitrogen and oxygen atoms in total. The average molecular weight is 287 g/mol. The molecular formula is C15H17N3O3. The maximum Gasteiger partial charge on any atom is 0.272 e. The normalized spacial score (nSPS) is 10.5. The van der Waals surface area contributed by atoms with Crippen molar-refractivity contribution in [3.63, 3.8) is 0 Å². The van der Waals surface area contributed by atoms with Crippen molar-refractivity contribution < 1.29 is 4.92 Å². The Kier molecular flexibility index (Phi) is 4.84. The fraction of sp³-hybridized carbons (Fsp3) is 0.267. The van der Waals surface area contributed by atoms with E-state index in [1.807, 2.05) is 12.1 Å². The van der Waals surface area contributed by atoms with Crippen LogP contribution in [0, 0.1) is 17.0 Å². The van der Waals surface area contributed by atoms with Gasteiger partial charge in [0.2, 0.25) is 0 Å². The summed E-state index contributed by atoms with van der Waals surface area (Å²) in [5.41, 5.74) is 1.66. The van der Waals surface area contributed by atoms with E-state index < -0.39 is 0 Å². The van der Waals surface area contributed by atoms with E-state index in [-0.39, 0.29) is 16.2 Å². The molecule has 1 heterocycles. The van der Waals surface area contributed by atoms with E-state index in [2.05, 4.69) is 5.32 Å². The van der Waals surface area contributed by atoms with E-state index in [1.165, 1.54) is 12.1 Å². The van der Waals surface area contributed by atoms with Gasteiger partial charge in [0.05, 0.1) is 4.92 Å². The van der Waals surface area contributed by atoms with Gasteiger partial charge in [-0.3, -0.25) is 14.9 Å². The average Bonchev–Trinajstić information content (AvgIpc) is 2.46. The molecule has 2 aromatic rings. The number of hydrogen-bond donors (Lipinski definition) is 1. The fourth-order valence-electron chi connectivity index (χ4n) is 2.13. The molecule has 0 spiro atoms. The molecule has 1 aromatic heterocycles. The quantitative estimate of drug-likeness (QED) is 0.500. The Balaban J connectivity index is 1.93. The summed E-state index contributed by atoms with van der Waals surface area (Å²) in [4.78, 5) is 22.0. The minimum atomic E-state index is -0.373. The van der Waals surface area contributed by atoms with Crippen molar-refractivity contribution in [2.75, 3.05) is 6.54 Å². The van der Waals surface area contributed by atoms with E-state index in [0.29, 0.717) is 25.2 Å². The monoisotopic (exact) mass is 287 g/mol. The van der Waals surface area contributed by atoms with E-state index in [9.17, 15) is 14.9 Å². The number of rotatable bonds is 6. The van der Waals surface area contributed by atoms with E-state index in [1.54, 1.807) is 29.8 Å². The highest BCUT2D eigenvalue weighted by atomic mass is 16.6. The van der Waals surface area contributed by atoms with Crippen LogP contribution in [0.3, 0.4) is 0 Å². The Labute approximate surface area is 122 Å². The Morgan fingerprint density at radius 1 is 1.24 bits per heavy atom. The van der Waals surface area contributed by atoms with Crippen LogP contribution in [0.1, 0.15) is 11.1 Å². The molecule has 2 rings (SSSR count). The molecule has 0 atom stereocenters. The maximum atomic E-state index is 11.5. The molecular weight excluding hydrogens is 270 g/mol. The number of nitrogens with zero attached hydrogens (tertiary/aromatic N) is 2. The number of nitro groups is 1. The number of aromatic nitrogens is 1. The third kappa shape index (κ3) is 3.76. The molecule has 0 aliphatic carbocycles. The number of pyridine rings is 1. The molecule has 0 saturated heterocycles. The van der Waals surface area contributed by atoms with Gasteiger partial charge in [-0.25, -0.2) is 0 Å². The highest BCUT2D eigenvalue weighted by Crippen LogP contribution is 2.20. The SMILES string of the molecule is Cc1c(CNCCn2ccccc2=O)cccc1[N+](=O)[O-]. The number of hydrogen-bond acceptors (Lipinski definition) is 4. The van der Waals surface area contributed by atoms with Crippen molar-refractivity contribution in [2.45, 2.75) is 20.0 Å². The molecule has 110 valence electrons. The summed E-state index contributed by atoms with van der Waals surface area (Å²) in [5.74, 6) is 0. The molecule has 0 bridgehead atoms. The zero-order valence-electron chi connectivity index (χ0n) is 11.8. The van der Waals surface area contributed by atoms with Gasteiger partial charge in [0.25, 0.3) is 11.2 Å². The van der Waals surface area contributed by atoms with Crippen molar-refractivity contribution in [2.24, 2.45) is 0 Å². The van der Waals surface area contributed by atoms with E-state index in [0.717, 1.165) is 5.56 Å². The molecule has 21 heavy (non-hydrogen) atoms. The minimum absolute atomic E-state index is 0.0363. The first-order valence-electron chi connectivity index (χ1n) is 6.68. The second kappa shape index (κ2) is 6.81. The number of nitro benzene ring substituents is 1. The summed E-state index contributed by atoms with van der Waals surface area (Å²) in [7, 11) is 0.